The molecular formula is C23H19FN4O. The molecule has 0 saturated heterocycles. The summed E-state index contributed by atoms with van der Waals surface area (Å²) in [6.45, 7) is 1.90. The number of ether oxygens (including phenoxy) is 1. The minimum atomic E-state index is -0.369. The molecule has 6 heteroatoms. The van der Waals surface area contributed by atoms with E-state index < -0.39 is 0 Å². The van der Waals surface area contributed by atoms with E-state index in [0.717, 1.165) is 22.4 Å². The molecule has 0 amide bonds. The smallest absolute Gasteiger partial charge is 0.165 e. The Labute approximate surface area is 167 Å². The second kappa shape index (κ2) is 8.06. The van der Waals surface area contributed by atoms with Gasteiger partial charge < -0.3 is 4.74 Å². The van der Waals surface area contributed by atoms with E-state index in [0.29, 0.717) is 22.7 Å². The van der Waals surface area contributed by atoms with Gasteiger partial charge in [-0.1, -0.05) is 24.3 Å². The van der Waals surface area contributed by atoms with Crippen LogP contribution in [0.3, 0.4) is 0 Å². The van der Waals surface area contributed by atoms with Gasteiger partial charge in [-0.2, -0.15) is 5.10 Å². The number of benzene rings is 3. The van der Waals surface area contributed by atoms with Crippen LogP contribution in [0.5, 0.6) is 5.75 Å². The maximum Gasteiger partial charge on any atom is 0.165 e. The molecule has 0 atom stereocenters. The molecule has 1 N–H and O–H groups in total. The lowest BCUT2D eigenvalue weighted by atomic mass is 10.1. The van der Waals surface area contributed by atoms with Gasteiger partial charge in [0.25, 0.3) is 0 Å². The third-order valence-electron chi connectivity index (χ3n) is 4.56. The maximum absolute atomic E-state index is 14.3. The van der Waals surface area contributed by atoms with E-state index in [1.165, 1.54) is 6.07 Å². The molecule has 0 radical (unpaired) electrons. The van der Waals surface area contributed by atoms with Crippen molar-refractivity contribution in [1.82, 2.24) is 9.97 Å². The van der Waals surface area contributed by atoms with Crippen molar-refractivity contribution in [1.29, 1.82) is 0 Å². The molecule has 0 aliphatic heterocycles. The number of anilines is 1. The number of fused-ring (bicyclic) bond motifs is 1. The molecule has 5 nitrogen and oxygen atoms in total. The van der Waals surface area contributed by atoms with Crippen molar-refractivity contribution >= 4 is 22.4 Å². The van der Waals surface area contributed by atoms with Gasteiger partial charge in [-0.15, -0.1) is 0 Å². The lowest BCUT2D eigenvalue weighted by Gasteiger charge is -2.10. The summed E-state index contributed by atoms with van der Waals surface area (Å²) in [6.07, 6.45) is 0. The summed E-state index contributed by atoms with van der Waals surface area (Å²) in [5.41, 5.74) is 5.81. The molecule has 0 saturated carbocycles. The van der Waals surface area contributed by atoms with E-state index >= 15 is 0 Å². The van der Waals surface area contributed by atoms with Crippen LogP contribution in [0.1, 0.15) is 12.5 Å². The number of halogens is 1. The third kappa shape index (κ3) is 3.91. The molecule has 0 aliphatic carbocycles. The summed E-state index contributed by atoms with van der Waals surface area (Å²) >= 11 is 0. The Kier molecular flexibility index (Phi) is 5.16. The molecule has 0 fully saturated rings. The Morgan fingerprint density at radius 3 is 2.41 bits per heavy atom. The van der Waals surface area contributed by atoms with Crippen LogP contribution >= 0.6 is 0 Å². The Balaban J connectivity index is 1.73. The number of hydrazone groups is 1. The van der Waals surface area contributed by atoms with Gasteiger partial charge in [0.1, 0.15) is 11.6 Å². The predicted octanol–water partition coefficient (Wildman–Crippen LogP) is 5.28. The second-order valence-electron chi connectivity index (χ2n) is 6.43. The molecule has 1 aromatic heterocycles. The predicted molar refractivity (Wildman–Crippen MR) is 114 cm³/mol. The fraction of sp³-hybridized carbons (Fsp3) is 0.0870. The highest BCUT2D eigenvalue weighted by Gasteiger charge is 2.12. The highest BCUT2D eigenvalue weighted by molar-refractivity contribution is 5.99. The Hall–Kier alpha value is -3.80. The van der Waals surface area contributed by atoms with Gasteiger partial charge in [0, 0.05) is 5.39 Å². The molecule has 4 aromatic rings. The summed E-state index contributed by atoms with van der Waals surface area (Å²) < 4.78 is 19.5. The molecule has 0 aliphatic rings. The zero-order valence-electron chi connectivity index (χ0n) is 16.1. The quantitative estimate of drug-likeness (QED) is 0.374. The molecule has 1 heterocycles. The lowest BCUT2D eigenvalue weighted by Crippen LogP contribution is -2.03. The van der Waals surface area contributed by atoms with E-state index in [1.807, 2.05) is 55.5 Å². The molecule has 144 valence electrons. The van der Waals surface area contributed by atoms with Crippen LogP contribution in [-0.2, 0) is 0 Å². The van der Waals surface area contributed by atoms with Crippen molar-refractivity contribution in [3.8, 4) is 17.1 Å². The van der Waals surface area contributed by atoms with Crippen molar-refractivity contribution < 1.29 is 9.13 Å². The van der Waals surface area contributed by atoms with Crippen molar-refractivity contribution in [2.45, 2.75) is 6.92 Å². The average Bonchev–Trinajstić information content (AvgIpc) is 2.77. The zero-order valence-corrected chi connectivity index (χ0v) is 16.1. The van der Waals surface area contributed by atoms with E-state index in [9.17, 15) is 4.39 Å². The van der Waals surface area contributed by atoms with E-state index in [2.05, 4.69) is 20.5 Å². The number of hydrogen-bond acceptors (Lipinski definition) is 5. The standard InChI is InChI=1S/C23H19FN4O/c1-15(16-11-13-17(29-2)14-12-16)27-28-23-19-8-4-6-10-21(19)25-22(26-23)18-7-3-5-9-20(18)24/h3-14H,1-2H3,(H,25,26,28)/b27-15+. The third-order valence-corrected chi connectivity index (χ3v) is 4.56. The first-order valence-electron chi connectivity index (χ1n) is 9.12. The Bertz CT molecular complexity index is 1190. The molecule has 0 spiro atoms. The van der Waals surface area contributed by atoms with Crippen LogP contribution in [0.2, 0.25) is 0 Å². The Morgan fingerprint density at radius 1 is 0.931 bits per heavy atom. The van der Waals surface area contributed by atoms with Gasteiger partial charge >= 0.3 is 0 Å². The first-order valence-corrected chi connectivity index (χ1v) is 9.12. The highest BCUT2D eigenvalue weighted by atomic mass is 19.1. The van der Waals surface area contributed by atoms with E-state index in [-0.39, 0.29) is 5.82 Å². The molecule has 0 bridgehead atoms. The second-order valence-corrected chi connectivity index (χ2v) is 6.43. The van der Waals surface area contributed by atoms with E-state index in [4.69, 9.17) is 4.74 Å². The number of aromatic nitrogens is 2. The number of para-hydroxylation sites is 1. The van der Waals surface area contributed by atoms with Crippen LogP contribution < -0.4 is 10.2 Å². The lowest BCUT2D eigenvalue weighted by molar-refractivity contribution is 0.415. The van der Waals surface area contributed by atoms with E-state index in [1.54, 1.807) is 25.3 Å². The summed E-state index contributed by atoms with van der Waals surface area (Å²) in [5.74, 6) is 1.24. The number of methoxy groups -OCH3 is 1. The minimum absolute atomic E-state index is 0.307. The molecule has 4 rings (SSSR count). The summed E-state index contributed by atoms with van der Waals surface area (Å²) in [5, 5.41) is 5.27. The average molecular weight is 386 g/mol. The van der Waals surface area contributed by atoms with Crippen molar-refractivity contribution in [3.63, 3.8) is 0 Å². The summed E-state index contributed by atoms with van der Waals surface area (Å²) in [6, 6.07) is 21.6. The number of hydrogen-bond donors (Lipinski definition) is 1. The molecule has 3 aromatic carbocycles. The fourth-order valence-electron chi connectivity index (χ4n) is 2.96. The maximum atomic E-state index is 14.3. The van der Waals surface area contributed by atoms with Crippen LogP contribution in [-0.4, -0.2) is 22.8 Å². The SMILES string of the molecule is COc1ccc(/C(C)=N/Nc2nc(-c3ccccc3F)nc3ccccc23)cc1. The molecular weight excluding hydrogens is 367 g/mol. The Morgan fingerprint density at radius 2 is 1.66 bits per heavy atom. The zero-order chi connectivity index (χ0) is 20.2. The normalized spacial score (nSPS) is 11.5. The molecule has 29 heavy (non-hydrogen) atoms. The van der Waals surface area contributed by atoms with Crippen LogP contribution in [0, 0.1) is 5.82 Å². The van der Waals surface area contributed by atoms with Crippen LogP contribution in [0.25, 0.3) is 22.3 Å². The van der Waals surface area contributed by atoms with Gasteiger partial charge in [-0.25, -0.2) is 14.4 Å². The fourth-order valence-corrected chi connectivity index (χ4v) is 2.96. The summed E-state index contributed by atoms with van der Waals surface area (Å²) in [4.78, 5) is 9.05. The topological polar surface area (TPSA) is 59.4 Å². The van der Waals surface area contributed by atoms with Crippen LogP contribution in [0.15, 0.2) is 77.9 Å². The first kappa shape index (κ1) is 18.6. The van der Waals surface area contributed by atoms with Gasteiger partial charge in [0.2, 0.25) is 0 Å². The highest BCUT2D eigenvalue weighted by Crippen LogP contribution is 2.26. The minimum Gasteiger partial charge on any atom is -0.497 e. The van der Waals surface area contributed by atoms with Gasteiger partial charge in [0.15, 0.2) is 11.6 Å². The first-order chi connectivity index (χ1) is 14.2. The monoisotopic (exact) mass is 386 g/mol. The van der Waals surface area contributed by atoms with Gasteiger partial charge in [-0.3, -0.25) is 5.43 Å². The number of nitrogens with one attached hydrogen (secondary N) is 1. The van der Waals surface area contributed by atoms with Gasteiger partial charge in [0.05, 0.1) is 23.9 Å². The largest absolute Gasteiger partial charge is 0.497 e. The number of nitrogens with zero attached hydrogens (tertiary/aromatic N) is 3. The van der Waals surface area contributed by atoms with Crippen LogP contribution in [0.4, 0.5) is 10.2 Å². The number of rotatable bonds is 5. The molecule has 0 unspecified atom stereocenters. The summed E-state index contributed by atoms with van der Waals surface area (Å²) in [7, 11) is 1.63. The van der Waals surface area contributed by atoms with Gasteiger partial charge in [-0.05, 0) is 61.0 Å². The van der Waals surface area contributed by atoms with Crippen molar-refractivity contribution in [2.75, 3.05) is 12.5 Å². The van der Waals surface area contributed by atoms with Crippen molar-refractivity contribution in [3.05, 3.63) is 84.2 Å². The van der Waals surface area contributed by atoms with Crippen molar-refractivity contribution in [2.24, 2.45) is 5.10 Å².